The van der Waals surface area contributed by atoms with Crippen LogP contribution in [0.15, 0.2) is 66.0 Å². The monoisotopic (exact) mass is 480 g/mol. The molecule has 1 aliphatic heterocycles. The highest BCUT2D eigenvalue weighted by molar-refractivity contribution is 7.79. The number of aromatic nitrogens is 3. The van der Waals surface area contributed by atoms with Crippen molar-refractivity contribution in [3.63, 3.8) is 0 Å². The topological polar surface area (TPSA) is 144 Å². The van der Waals surface area contributed by atoms with Gasteiger partial charge in [-0.15, -0.1) is 0 Å². The van der Waals surface area contributed by atoms with E-state index in [2.05, 4.69) is 58.4 Å². The molecule has 10 heteroatoms. The number of nitrogens with zero attached hydrogens (tertiary/aromatic N) is 4. The van der Waals surface area contributed by atoms with Gasteiger partial charge < -0.3 is 22.1 Å². The molecular formula is C24H30N7O2S+. The SMILES string of the molecule is C[C@@H]1CNC[C@H](C)N1c1ccc(-c2cnc3c(-c4ccc(N)c([SH+](=O)O)c4)cnn3c2)cc1.N. The van der Waals surface area contributed by atoms with Crippen LogP contribution in [0.1, 0.15) is 13.8 Å². The highest BCUT2D eigenvalue weighted by Gasteiger charge is 2.24. The van der Waals surface area contributed by atoms with E-state index in [1.165, 1.54) is 5.69 Å². The number of thiol groups is 1. The van der Waals surface area contributed by atoms with Gasteiger partial charge in [0.1, 0.15) is 0 Å². The summed E-state index contributed by atoms with van der Waals surface area (Å²) >= 11 is -2.53. The van der Waals surface area contributed by atoms with Crippen molar-refractivity contribution in [2.45, 2.75) is 30.8 Å². The first kappa shape index (κ1) is 23.8. The summed E-state index contributed by atoms with van der Waals surface area (Å²) < 4.78 is 22.8. The molecule has 0 spiro atoms. The number of hydrogen-bond acceptors (Lipinski definition) is 7. The molecule has 5 rings (SSSR count). The first-order chi connectivity index (χ1) is 15.9. The molecule has 0 amide bonds. The van der Waals surface area contributed by atoms with E-state index >= 15 is 0 Å². The Labute approximate surface area is 200 Å². The van der Waals surface area contributed by atoms with E-state index < -0.39 is 11.1 Å². The standard InChI is InChI=1S/C24H26N6O2S.H3N/c1-15-10-26-11-16(2)30(15)20-6-3-17(4-7-20)19-12-27-24-21(13-28-29(24)14-19)18-5-8-22(25)23(9-18)33(31)32;/h3-9,12-16,26H,10-11,25H2,1-2H3,(H,31,32);1H3/p+1/t15-,16+;. The number of anilines is 2. The van der Waals surface area contributed by atoms with Crippen molar-refractivity contribution in [1.29, 1.82) is 0 Å². The number of nitrogen functional groups attached to an aromatic ring is 1. The van der Waals surface area contributed by atoms with Crippen molar-refractivity contribution in [1.82, 2.24) is 26.1 Å². The van der Waals surface area contributed by atoms with Crippen molar-refractivity contribution < 1.29 is 8.76 Å². The average molecular weight is 481 g/mol. The van der Waals surface area contributed by atoms with E-state index in [1.54, 1.807) is 28.9 Å². The number of piperazine rings is 1. The van der Waals surface area contributed by atoms with E-state index in [4.69, 9.17) is 5.73 Å². The molecule has 0 aliphatic carbocycles. The van der Waals surface area contributed by atoms with Crippen LogP contribution in [0.4, 0.5) is 11.4 Å². The summed E-state index contributed by atoms with van der Waals surface area (Å²) in [5.74, 6) is 0. The van der Waals surface area contributed by atoms with Gasteiger partial charge in [0.05, 0.1) is 11.9 Å². The van der Waals surface area contributed by atoms with Gasteiger partial charge in [0, 0.05) is 60.4 Å². The third-order valence-electron chi connectivity index (χ3n) is 6.23. The maximum atomic E-state index is 11.6. The molecule has 1 unspecified atom stereocenters. The zero-order valence-electron chi connectivity index (χ0n) is 19.2. The highest BCUT2D eigenvalue weighted by atomic mass is 32.2. The van der Waals surface area contributed by atoms with Gasteiger partial charge in [-0.2, -0.15) is 9.65 Å². The molecule has 1 fully saturated rings. The van der Waals surface area contributed by atoms with Gasteiger partial charge in [-0.1, -0.05) is 22.4 Å². The molecule has 34 heavy (non-hydrogen) atoms. The zero-order chi connectivity index (χ0) is 23.1. The predicted molar refractivity (Wildman–Crippen MR) is 138 cm³/mol. The predicted octanol–water partition coefficient (Wildman–Crippen LogP) is 3.52. The summed E-state index contributed by atoms with van der Waals surface area (Å²) in [4.78, 5) is 7.32. The van der Waals surface area contributed by atoms with Crippen LogP contribution in [-0.2, 0) is 15.3 Å². The van der Waals surface area contributed by atoms with Gasteiger partial charge in [-0.05, 0) is 43.2 Å². The van der Waals surface area contributed by atoms with E-state index in [9.17, 15) is 8.76 Å². The van der Waals surface area contributed by atoms with Crippen LogP contribution < -0.4 is 22.1 Å². The first-order valence-corrected chi connectivity index (χ1v) is 12.1. The summed E-state index contributed by atoms with van der Waals surface area (Å²) in [5, 5.41) is 7.93. The van der Waals surface area contributed by atoms with Gasteiger partial charge in [0.2, 0.25) is 16.0 Å². The molecule has 4 aromatic rings. The fraction of sp³-hybridized carbons (Fsp3) is 0.250. The number of hydrogen-bond donors (Lipinski definition) is 4. The minimum Gasteiger partial charge on any atom is -0.395 e. The third-order valence-corrected chi connectivity index (χ3v) is 7.03. The Morgan fingerprint density at radius 3 is 2.38 bits per heavy atom. The van der Waals surface area contributed by atoms with Crippen molar-refractivity contribution in [3.8, 4) is 22.3 Å². The average Bonchev–Trinajstić information content (AvgIpc) is 3.23. The molecule has 178 valence electrons. The number of benzene rings is 2. The van der Waals surface area contributed by atoms with Crippen LogP contribution >= 0.6 is 0 Å². The molecule has 1 saturated heterocycles. The third kappa shape index (κ3) is 4.28. The summed E-state index contributed by atoms with van der Waals surface area (Å²) in [5.41, 5.74) is 11.6. The Hall–Kier alpha value is -3.31. The van der Waals surface area contributed by atoms with Gasteiger partial charge in [-0.25, -0.2) is 9.50 Å². The quantitative estimate of drug-likeness (QED) is 0.197. The van der Waals surface area contributed by atoms with Crippen LogP contribution in [0.2, 0.25) is 0 Å². The van der Waals surface area contributed by atoms with E-state index in [0.29, 0.717) is 23.4 Å². The largest absolute Gasteiger partial charge is 0.395 e. The second kappa shape index (κ2) is 9.51. The minimum absolute atomic E-state index is 0. The van der Waals surface area contributed by atoms with Crippen LogP contribution in [-0.4, -0.2) is 44.3 Å². The van der Waals surface area contributed by atoms with Gasteiger partial charge in [-0.3, -0.25) is 0 Å². The second-order valence-corrected chi connectivity index (χ2v) is 9.55. The van der Waals surface area contributed by atoms with Crippen LogP contribution in [0.25, 0.3) is 27.9 Å². The molecule has 0 bridgehead atoms. The Kier molecular flexibility index (Phi) is 6.67. The van der Waals surface area contributed by atoms with Gasteiger partial charge >= 0.3 is 0 Å². The number of nitrogens with two attached hydrogens (primary N) is 1. The fourth-order valence-corrected chi connectivity index (χ4v) is 5.12. The summed E-state index contributed by atoms with van der Waals surface area (Å²) in [6, 6.07) is 14.5. The van der Waals surface area contributed by atoms with Crippen molar-refractivity contribution in [2.24, 2.45) is 0 Å². The Bertz CT molecular complexity index is 1330. The Morgan fingerprint density at radius 2 is 1.71 bits per heavy atom. The van der Waals surface area contributed by atoms with E-state index in [1.807, 2.05) is 12.4 Å². The number of rotatable bonds is 4. The molecular weight excluding hydrogens is 450 g/mol. The minimum atomic E-state index is -2.53. The van der Waals surface area contributed by atoms with Crippen LogP contribution in [0.3, 0.4) is 0 Å². The molecule has 0 radical (unpaired) electrons. The molecule has 3 heterocycles. The van der Waals surface area contributed by atoms with Crippen molar-refractivity contribution >= 4 is 28.1 Å². The summed E-state index contributed by atoms with van der Waals surface area (Å²) in [7, 11) is 0. The maximum absolute atomic E-state index is 11.6. The molecule has 7 N–H and O–H groups in total. The van der Waals surface area contributed by atoms with Crippen molar-refractivity contribution in [3.05, 3.63) is 61.1 Å². The van der Waals surface area contributed by atoms with Crippen molar-refractivity contribution in [2.75, 3.05) is 23.7 Å². The lowest BCUT2D eigenvalue weighted by Gasteiger charge is -2.41. The van der Waals surface area contributed by atoms with Crippen LogP contribution in [0.5, 0.6) is 0 Å². The lowest BCUT2D eigenvalue weighted by molar-refractivity contribution is 0.432. The first-order valence-electron chi connectivity index (χ1n) is 10.9. The highest BCUT2D eigenvalue weighted by Crippen LogP contribution is 2.30. The van der Waals surface area contributed by atoms with Crippen LogP contribution in [0, 0.1) is 0 Å². The molecule has 3 atom stereocenters. The van der Waals surface area contributed by atoms with Gasteiger partial charge in [0.25, 0.3) is 0 Å². The maximum Gasteiger partial charge on any atom is 0.237 e. The molecule has 2 aromatic carbocycles. The van der Waals surface area contributed by atoms with Gasteiger partial charge in [0.15, 0.2) is 5.65 Å². The summed E-state index contributed by atoms with van der Waals surface area (Å²) in [6.45, 7) is 6.45. The molecule has 9 nitrogen and oxygen atoms in total. The normalized spacial score (nSPS) is 19.1. The number of fused-ring (bicyclic) bond motifs is 1. The Morgan fingerprint density at radius 1 is 1.03 bits per heavy atom. The Balaban J connectivity index is 0.00000274. The molecule has 1 aliphatic rings. The zero-order valence-corrected chi connectivity index (χ0v) is 20.1. The fourth-order valence-electron chi connectivity index (χ4n) is 4.57. The molecule has 0 saturated carbocycles. The van der Waals surface area contributed by atoms with E-state index in [0.717, 1.165) is 35.3 Å². The lowest BCUT2D eigenvalue weighted by Crippen LogP contribution is -2.55. The summed E-state index contributed by atoms with van der Waals surface area (Å²) in [6.07, 6.45) is 5.49. The molecule has 2 aromatic heterocycles. The number of nitrogens with one attached hydrogen (secondary N) is 1. The van der Waals surface area contributed by atoms with E-state index in [-0.39, 0.29) is 11.0 Å². The smallest absolute Gasteiger partial charge is 0.237 e. The lowest BCUT2D eigenvalue weighted by atomic mass is 10.0. The second-order valence-electron chi connectivity index (χ2n) is 8.53.